The number of thiazole rings is 1. The second-order valence-corrected chi connectivity index (χ2v) is 7.60. The molecule has 0 aliphatic heterocycles. The SMILES string of the molecule is COc1ccccc1N=c1scc(-c2cc(OC)c(OC)c(OC)c2)n1Cc1ccco1. The standard InChI is InChI=1S/C24H24N2O5S/c1-27-20-10-6-5-9-18(20)25-24-26(14-17-8-7-11-31-17)19(15-32-24)16-12-21(28-2)23(30-4)22(13-16)29-3/h5-13,15H,14H2,1-4H3. The van der Waals surface area contributed by atoms with E-state index >= 15 is 0 Å². The van der Waals surface area contributed by atoms with Crippen LogP contribution in [0.25, 0.3) is 11.3 Å². The van der Waals surface area contributed by atoms with Crippen molar-refractivity contribution in [1.29, 1.82) is 0 Å². The van der Waals surface area contributed by atoms with Crippen LogP contribution in [0.2, 0.25) is 0 Å². The van der Waals surface area contributed by atoms with Gasteiger partial charge in [0.05, 0.1) is 46.9 Å². The highest BCUT2D eigenvalue weighted by molar-refractivity contribution is 7.07. The fourth-order valence-electron chi connectivity index (χ4n) is 3.41. The summed E-state index contributed by atoms with van der Waals surface area (Å²) in [6, 6.07) is 15.3. The molecule has 0 amide bonds. The molecule has 0 N–H and O–H groups in total. The van der Waals surface area contributed by atoms with Gasteiger partial charge in [-0.25, -0.2) is 4.99 Å². The number of aromatic nitrogens is 1. The van der Waals surface area contributed by atoms with Gasteiger partial charge in [-0.1, -0.05) is 12.1 Å². The van der Waals surface area contributed by atoms with Crippen LogP contribution in [0.4, 0.5) is 5.69 Å². The van der Waals surface area contributed by atoms with Gasteiger partial charge in [-0.2, -0.15) is 0 Å². The molecule has 2 heterocycles. The van der Waals surface area contributed by atoms with E-state index in [0.717, 1.165) is 27.5 Å². The Morgan fingerprint density at radius 3 is 2.22 bits per heavy atom. The van der Waals surface area contributed by atoms with Gasteiger partial charge >= 0.3 is 0 Å². The highest BCUT2D eigenvalue weighted by Gasteiger charge is 2.18. The zero-order valence-corrected chi connectivity index (χ0v) is 19.1. The minimum atomic E-state index is 0.510. The molecule has 0 aliphatic carbocycles. The molecule has 2 aromatic carbocycles. The van der Waals surface area contributed by atoms with Crippen LogP contribution in [0.3, 0.4) is 0 Å². The predicted octanol–water partition coefficient (Wildman–Crippen LogP) is 5.12. The Hall–Kier alpha value is -3.65. The maximum absolute atomic E-state index is 5.62. The summed E-state index contributed by atoms with van der Waals surface area (Å²) in [5.41, 5.74) is 2.60. The summed E-state index contributed by atoms with van der Waals surface area (Å²) in [6.07, 6.45) is 1.67. The maximum Gasteiger partial charge on any atom is 0.203 e. The Morgan fingerprint density at radius 1 is 0.875 bits per heavy atom. The molecule has 7 nitrogen and oxygen atoms in total. The number of furan rings is 1. The van der Waals surface area contributed by atoms with Crippen LogP contribution in [-0.4, -0.2) is 33.0 Å². The van der Waals surface area contributed by atoms with Crippen LogP contribution in [-0.2, 0) is 6.54 Å². The molecule has 0 saturated heterocycles. The van der Waals surface area contributed by atoms with Crippen LogP contribution >= 0.6 is 11.3 Å². The molecular formula is C24H24N2O5S. The third-order valence-electron chi connectivity index (χ3n) is 4.95. The molecule has 0 unspecified atom stereocenters. The first-order chi connectivity index (χ1) is 15.7. The lowest BCUT2D eigenvalue weighted by atomic mass is 10.1. The van der Waals surface area contributed by atoms with Crippen LogP contribution in [0.5, 0.6) is 23.0 Å². The monoisotopic (exact) mass is 452 g/mol. The zero-order chi connectivity index (χ0) is 22.5. The number of hydrogen-bond donors (Lipinski definition) is 0. The molecule has 0 bridgehead atoms. The summed E-state index contributed by atoms with van der Waals surface area (Å²) in [5, 5.41) is 2.05. The largest absolute Gasteiger partial charge is 0.494 e. The van der Waals surface area contributed by atoms with Crippen molar-refractivity contribution in [1.82, 2.24) is 4.57 Å². The second kappa shape index (κ2) is 9.65. The van der Waals surface area contributed by atoms with Crippen molar-refractivity contribution in [2.75, 3.05) is 28.4 Å². The number of methoxy groups -OCH3 is 4. The third-order valence-corrected chi connectivity index (χ3v) is 5.82. The summed E-state index contributed by atoms with van der Waals surface area (Å²) in [5.74, 6) is 3.24. The first-order valence-corrected chi connectivity index (χ1v) is 10.7. The first kappa shape index (κ1) is 21.6. The van der Waals surface area contributed by atoms with Crippen molar-refractivity contribution in [3.63, 3.8) is 0 Å². The lowest BCUT2D eigenvalue weighted by Crippen LogP contribution is -2.16. The molecule has 2 aromatic heterocycles. The van der Waals surface area contributed by atoms with Gasteiger partial charge in [0.15, 0.2) is 16.3 Å². The van der Waals surface area contributed by atoms with Crippen molar-refractivity contribution in [2.24, 2.45) is 4.99 Å². The van der Waals surface area contributed by atoms with Gasteiger partial charge in [0.25, 0.3) is 0 Å². The predicted molar refractivity (Wildman–Crippen MR) is 123 cm³/mol. The average Bonchev–Trinajstić information content (AvgIpc) is 3.49. The van der Waals surface area contributed by atoms with Gasteiger partial charge in [-0.3, -0.25) is 0 Å². The fourth-order valence-corrected chi connectivity index (χ4v) is 4.34. The molecule has 0 fully saturated rings. The summed E-state index contributed by atoms with van der Waals surface area (Å²) >= 11 is 1.53. The quantitative estimate of drug-likeness (QED) is 0.371. The van der Waals surface area contributed by atoms with E-state index in [0.29, 0.717) is 29.5 Å². The minimum absolute atomic E-state index is 0.510. The second-order valence-electron chi connectivity index (χ2n) is 6.77. The van der Waals surface area contributed by atoms with E-state index in [2.05, 4.69) is 9.95 Å². The molecule has 0 radical (unpaired) electrons. The van der Waals surface area contributed by atoms with Crippen LogP contribution in [0.15, 0.2) is 69.6 Å². The number of para-hydroxylation sites is 2. The molecule has 8 heteroatoms. The minimum Gasteiger partial charge on any atom is -0.494 e. The van der Waals surface area contributed by atoms with Crippen molar-refractivity contribution < 1.29 is 23.4 Å². The lowest BCUT2D eigenvalue weighted by Gasteiger charge is -2.15. The van der Waals surface area contributed by atoms with E-state index in [9.17, 15) is 0 Å². The Kier molecular flexibility index (Phi) is 6.51. The van der Waals surface area contributed by atoms with Gasteiger partial charge in [0, 0.05) is 10.9 Å². The van der Waals surface area contributed by atoms with Gasteiger partial charge in [0.2, 0.25) is 5.75 Å². The molecule has 4 rings (SSSR count). The third kappa shape index (κ3) is 4.22. The van der Waals surface area contributed by atoms with E-state index in [1.807, 2.05) is 48.5 Å². The first-order valence-electron chi connectivity index (χ1n) is 9.87. The van der Waals surface area contributed by atoms with Crippen LogP contribution in [0, 0.1) is 0 Å². The lowest BCUT2D eigenvalue weighted by molar-refractivity contribution is 0.324. The molecule has 0 spiro atoms. The van der Waals surface area contributed by atoms with Crippen molar-refractivity contribution in [3.05, 3.63) is 70.7 Å². The molecular weight excluding hydrogens is 428 g/mol. The molecule has 0 atom stereocenters. The van der Waals surface area contributed by atoms with E-state index in [1.165, 1.54) is 11.3 Å². The molecule has 0 aliphatic rings. The van der Waals surface area contributed by atoms with Crippen molar-refractivity contribution >= 4 is 17.0 Å². The van der Waals surface area contributed by atoms with E-state index in [-0.39, 0.29) is 0 Å². The Bertz CT molecular complexity index is 1230. The maximum atomic E-state index is 5.62. The number of ether oxygens (including phenoxy) is 4. The molecule has 166 valence electrons. The summed E-state index contributed by atoms with van der Waals surface area (Å²) in [6.45, 7) is 0.510. The fraction of sp³-hybridized carbons (Fsp3) is 0.208. The zero-order valence-electron chi connectivity index (χ0n) is 18.3. The Labute approximate surface area is 190 Å². The number of nitrogens with zero attached hydrogens (tertiary/aromatic N) is 2. The molecule has 32 heavy (non-hydrogen) atoms. The average molecular weight is 453 g/mol. The molecule has 0 saturated carbocycles. The van der Waals surface area contributed by atoms with Crippen LogP contribution in [0.1, 0.15) is 5.76 Å². The van der Waals surface area contributed by atoms with Gasteiger partial charge in [-0.15, -0.1) is 11.3 Å². The van der Waals surface area contributed by atoms with Gasteiger partial charge in [0.1, 0.15) is 17.2 Å². The number of rotatable bonds is 8. The summed E-state index contributed by atoms with van der Waals surface area (Å²) < 4.78 is 29.8. The van der Waals surface area contributed by atoms with Crippen molar-refractivity contribution in [3.8, 4) is 34.3 Å². The van der Waals surface area contributed by atoms with Gasteiger partial charge in [-0.05, 0) is 36.4 Å². The Balaban J connectivity index is 1.91. The summed E-state index contributed by atoms with van der Waals surface area (Å²) in [7, 11) is 6.44. The van der Waals surface area contributed by atoms with E-state index in [1.54, 1.807) is 34.7 Å². The smallest absolute Gasteiger partial charge is 0.203 e. The molecule has 4 aromatic rings. The van der Waals surface area contributed by atoms with Crippen LogP contribution < -0.4 is 23.7 Å². The normalized spacial score (nSPS) is 11.4. The van der Waals surface area contributed by atoms with E-state index in [4.69, 9.17) is 28.4 Å². The number of benzene rings is 2. The topological polar surface area (TPSA) is 67.3 Å². The Morgan fingerprint density at radius 2 is 1.59 bits per heavy atom. The van der Waals surface area contributed by atoms with E-state index < -0.39 is 0 Å². The highest BCUT2D eigenvalue weighted by Crippen LogP contribution is 2.41. The van der Waals surface area contributed by atoms with Gasteiger partial charge < -0.3 is 27.9 Å². The summed E-state index contributed by atoms with van der Waals surface area (Å²) in [4.78, 5) is 5.69. The van der Waals surface area contributed by atoms with Crippen molar-refractivity contribution in [2.45, 2.75) is 6.54 Å². The highest BCUT2D eigenvalue weighted by atomic mass is 32.1. The number of hydrogen-bond acceptors (Lipinski definition) is 7.